The van der Waals surface area contributed by atoms with Crippen molar-refractivity contribution in [2.75, 3.05) is 0 Å². The molecule has 0 heterocycles. The summed E-state index contributed by atoms with van der Waals surface area (Å²) in [5, 5.41) is 0. The number of hydrogen-bond acceptors (Lipinski definition) is 0. The summed E-state index contributed by atoms with van der Waals surface area (Å²) < 4.78 is 89.6. The van der Waals surface area contributed by atoms with Crippen LogP contribution in [0.4, 0.5) is 30.7 Å². The van der Waals surface area contributed by atoms with Gasteiger partial charge in [-0.15, -0.1) is 0 Å². The van der Waals surface area contributed by atoms with Crippen molar-refractivity contribution >= 4 is 0 Å². The van der Waals surface area contributed by atoms with Crippen LogP contribution in [0.5, 0.6) is 0 Å². The van der Waals surface area contributed by atoms with Gasteiger partial charge in [-0.1, -0.05) is 51.9 Å². The van der Waals surface area contributed by atoms with Crippen LogP contribution in [0, 0.1) is 23.7 Å². The molecule has 0 radical (unpaired) electrons. The molecule has 7 heteroatoms. The second-order valence-corrected chi connectivity index (χ2v) is 9.02. The zero-order chi connectivity index (χ0) is 21.0. The van der Waals surface area contributed by atoms with Gasteiger partial charge in [0.25, 0.3) is 0 Å². The second kappa shape index (κ2) is 9.55. The van der Waals surface area contributed by atoms with Gasteiger partial charge in [0.05, 0.1) is 0 Å². The lowest BCUT2D eigenvalue weighted by atomic mass is 9.68. The lowest BCUT2D eigenvalue weighted by Gasteiger charge is -2.38. The Hall–Kier alpha value is -0.490. The maximum absolute atomic E-state index is 13.5. The number of hydrogen-bond donors (Lipinski definition) is 0. The van der Waals surface area contributed by atoms with Crippen molar-refractivity contribution < 1.29 is 30.7 Å². The lowest BCUT2D eigenvalue weighted by Crippen LogP contribution is -2.52. The van der Waals surface area contributed by atoms with Crippen molar-refractivity contribution in [3.05, 3.63) is 0 Å². The first-order valence-corrected chi connectivity index (χ1v) is 10.8. The summed E-state index contributed by atoms with van der Waals surface area (Å²) in [6.45, 7) is 2.20. The Kier molecular flexibility index (Phi) is 8.11. The van der Waals surface area contributed by atoms with Crippen LogP contribution in [0.15, 0.2) is 0 Å². The van der Waals surface area contributed by atoms with Crippen LogP contribution >= 0.6 is 0 Å². The van der Waals surface area contributed by atoms with Crippen molar-refractivity contribution in [2.45, 2.75) is 108 Å². The predicted molar refractivity (Wildman–Crippen MR) is 95.6 cm³/mol. The topological polar surface area (TPSA) is 0 Å². The Morgan fingerprint density at radius 1 is 0.643 bits per heavy atom. The van der Waals surface area contributed by atoms with Gasteiger partial charge < -0.3 is 0 Å². The van der Waals surface area contributed by atoms with Crippen LogP contribution < -0.4 is 0 Å². The summed E-state index contributed by atoms with van der Waals surface area (Å²) in [6.07, 6.45) is 3.92. The molecule has 2 aliphatic carbocycles. The van der Waals surface area contributed by atoms with Crippen molar-refractivity contribution in [2.24, 2.45) is 23.7 Å². The maximum Gasteiger partial charge on any atom is 0.459 e. The Bertz CT molecular complexity index is 456. The summed E-state index contributed by atoms with van der Waals surface area (Å²) in [7, 11) is 0. The fourth-order valence-electron chi connectivity index (χ4n) is 5.14. The highest BCUT2D eigenvalue weighted by molar-refractivity contribution is 4.92. The average Bonchev–Trinajstić information content (AvgIpc) is 2.64. The molecule has 0 atom stereocenters. The van der Waals surface area contributed by atoms with Gasteiger partial charge in [0.1, 0.15) is 0 Å². The van der Waals surface area contributed by atoms with Crippen LogP contribution in [-0.4, -0.2) is 18.0 Å². The number of unbranched alkanes of at least 4 members (excludes halogenated alkanes) is 1. The van der Waals surface area contributed by atoms with Gasteiger partial charge in [0, 0.05) is 6.42 Å². The average molecular weight is 418 g/mol. The zero-order valence-electron chi connectivity index (χ0n) is 16.6. The van der Waals surface area contributed by atoms with Gasteiger partial charge in [-0.2, -0.15) is 30.7 Å². The second-order valence-electron chi connectivity index (χ2n) is 9.02. The lowest BCUT2D eigenvalue weighted by molar-refractivity contribution is -0.356. The predicted octanol–water partition coefficient (Wildman–Crippen LogP) is 8.40. The molecule has 0 bridgehead atoms. The van der Waals surface area contributed by atoms with E-state index in [4.69, 9.17) is 0 Å². The standard InChI is InChI=1S/C21H33F7/c1-2-3-4-15-5-9-17(10-6-15)18-11-7-16(8-12-18)13-14-19(22,23)20(24,25)21(26,27)28/h15-18H,2-14H2,1H3. The molecule has 0 N–H and O–H groups in total. The largest absolute Gasteiger partial charge is 0.459 e. The summed E-state index contributed by atoms with van der Waals surface area (Å²) in [5.74, 6) is -9.14. The van der Waals surface area contributed by atoms with Crippen molar-refractivity contribution in [1.82, 2.24) is 0 Å². The van der Waals surface area contributed by atoms with Crippen molar-refractivity contribution in [1.29, 1.82) is 0 Å². The molecule has 0 aromatic rings. The van der Waals surface area contributed by atoms with E-state index < -0.39 is 24.4 Å². The van der Waals surface area contributed by atoms with Crippen molar-refractivity contribution in [3.63, 3.8) is 0 Å². The molecule has 0 nitrogen and oxygen atoms in total. The van der Waals surface area contributed by atoms with Gasteiger partial charge in [-0.05, 0) is 55.8 Å². The summed E-state index contributed by atoms with van der Waals surface area (Å²) in [5.41, 5.74) is 0. The number of halogens is 7. The van der Waals surface area contributed by atoms with Crippen LogP contribution in [0.2, 0.25) is 0 Å². The van der Waals surface area contributed by atoms with E-state index >= 15 is 0 Å². The summed E-state index contributed by atoms with van der Waals surface area (Å²) in [4.78, 5) is 0. The van der Waals surface area contributed by atoms with Gasteiger partial charge in [0.2, 0.25) is 0 Å². The minimum atomic E-state index is -6.22. The van der Waals surface area contributed by atoms with Crippen LogP contribution in [0.3, 0.4) is 0 Å². The Morgan fingerprint density at radius 2 is 1.07 bits per heavy atom. The van der Waals surface area contributed by atoms with Crippen LogP contribution in [0.25, 0.3) is 0 Å². The highest BCUT2D eigenvalue weighted by atomic mass is 19.4. The third-order valence-corrected chi connectivity index (χ3v) is 7.10. The van der Waals surface area contributed by atoms with E-state index in [1.54, 1.807) is 0 Å². The van der Waals surface area contributed by atoms with Gasteiger partial charge >= 0.3 is 18.0 Å². The fourth-order valence-corrected chi connectivity index (χ4v) is 5.14. The SMILES string of the molecule is CCCCC1CCC(C2CCC(CCC(F)(F)C(F)(F)C(F)(F)F)CC2)CC1. The monoisotopic (exact) mass is 418 g/mol. The smallest absolute Gasteiger partial charge is 0.200 e. The van der Waals surface area contributed by atoms with Gasteiger partial charge in [0.15, 0.2) is 0 Å². The normalized spacial score (nSPS) is 30.4. The first-order valence-electron chi connectivity index (χ1n) is 10.8. The first kappa shape index (κ1) is 23.8. The molecule has 0 unspecified atom stereocenters. The highest BCUT2D eigenvalue weighted by Gasteiger charge is 2.72. The minimum absolute atomic E-state index is 0.174. The number of alkyl halides is 7. The molecular weight excluding hydrogens is 385 g/mol. The van der Waals surface area contributed by atoms with E-state index in [9.17, 15) is 30.7 Å². The van der Waals surface area contributed by atoms with E-state index in [2.05, 4.69) is 6.92 Å². The highest BCUT2D eigenvalue weighted by Crippen LogP contribution is 2.50. The third kappa shape index (κ3) is 5.78. The molecule has 0 amide bonds. The molecule has 2 fully saturated rings. The van der Waals surface area contributed by atoms with Crippen LogP contribution in [0.1, 0.15) is 90.4 Å². The third-order valence-electron chi connectivity index (χ3n) is 7.10. The maximum atomic E-state index is 13.5. The summed E-state index contributed by atoms with van der Waals surface area (Å²) >= 11 is 0. The summed E-state index contributed by atoms with van der Waals surface area (Å²) in [6, 6.07) is 0. The molecule has 166 valence electrons. The van der Waals surface area contributed by atoms with Gasteiger partial charge in [-0.3, -0.25) is 0 Å². The molecule has 2 aliphatic rings. The Balaban J connectivity index is 1.73. The molecule has 0 aromatic heterocycles. The van der Waals surface area contributed by atoms with E-state index in [1.165, 1.54) is 44.9 Å². The van der Waals surface area contributed by atoms with Gasteiger partial charge in [-0.25, -0.2) is 0 Å². The molecular formula is C21H33F7. The minimum Gasteiger partial charge on any atom is -0.200 e. The Morgan fingerprint density at radius 3 is 1.46 bits per heavy atom. The van der Waals surface area contributed by atoms with Crippen molar-refractivity contribution in [3.8, 4) is 0 Å². The fraction of sp³-hybridized carbons (Fsp3) is 1.00. The van der Waals surface area contributed by atoms with E-state index in [0.717, 1.165) is 18.8 Å². The molecule has 0 saturated heterocycles. The quantitative estimate of drug-likeness (QED) is 0.347. The van der Waals surface area contributed by atoms with E-state index in [-0.39, 0.29) is 12.3 Å². The number of rotatable bonds is 8. The van der Waals surface area contributed by atoms with E-state index in [0.29, 0.717) is 24.7 Å². The molecule has 2 rings (SSSR count). The molecule has 2 saturated carbocycles. The molecule has 28 heavy (non-hydrogen) atoms. The molecule has 0 aromatic carbocycles. The van der Waals surface area contributed by atoms with Crippen LogP contribution in [-0.2, 0) is 0 Å². The zero-order valence-corrected chi connectivity index (χ0v) is 16.6. The molecule has 0 spiro atoms. The first-order chi connectivity index (χ1) is 13.0. The van der Waals surface area contributed by atoms with E-state index in [1.807, 2.05) is 0 Å². The Labute approximate surface area is 163 Å². The molecule has 0 aliphatic heterocycles.